The molecule has 19 heavy (non-hydrogen) atoms. The van der Waals surface area contributed by atoms with Crippen molar-refractivity contribution in [2.75, 3.05) is 11.1 Å². The van der Waals surface area contributed by atoms with Crippen molar-refractivity contribution in [2.24, 2.45) is 0 Å². The molecule has 0 saturated heterocycles. The number of nitrogens with two attached hydrogens (primary N) is 1. The molecule has 2 aromatic rings. The zero-order valence-electron chi connectivity index (χ0n) is 9.78. The average Bonchev–Trinajstić information content (AvgIpc) is 2.36. The number of alkyl halides is 3. The number of aromatic nitrogens is 2. The number of nitrogens with one attached hydrogen (secondary N) is 1. The lowest BCUT2D eigenvalue weighted by molar-refractivity contribution is -0.137. The topological polar surface area (TPSA) is 63.8 Å². The average molecular weight is 268 g/mol. The summed E-state index contributed by atoms with van der Waals surface area (Å²) in [6.45, 7) is 0.223. The largest absolute Gasteiger partial charge is 0.416 e. The predicted octanol–water partition coefficient (Wildman–Crippen LogP) is 2.69. The van der Waals surface area contributed by atoms with E-state index in [0.29, 0.717) is 17.2 Å². The van der Waals surface area contributed by atoms with Crippen molar-refractivity contribution in [2.45, 2.75) is 12.7 Å². The van der Waals surface area contributed by atoms with Crippen LogP contribution >= 0.6 is 0 Å². The van der Waals surface area contributed by atoms with E-state index in [0.717, 1.165) is 12.1 Å². The highest BCUT2D eigenvalue weighted by atomic mass is 19.4. The Labute approximate surface area is 107 Å². The van der Waals surface area contributed by atoms with Crippen LogP contribution in [-0.2, 0) is 12.7 Å². The minimum atomic E-state index is -4.34. The van der Waals surface area contributed by atoms with Crippen LogP contribution in [0.2, 0.25) is 0 Å². The van der Waals surface area contributed by atoms with Crippen LogP contribution in [0.25, 0.3) is 0 Å². The molecule has 3 N–H and O–H groups in total. The molecule has 2 rings (SSSR count). The van der Waals surface area contributed by atoms with E-state index in [9.17, 15) is 13.2 Å². The van der Waals surface area contributed by atoms with Crippen molar-refractivity contribution in [3.63, 3.8) is 0 Å². The molecule has 0 atom stereocenters. The number of benzene rings is 1. The quantitative estimate of drug-likeness (QED) is 0.898. The van der Waals surface area contributed by atoms with E-state index < -0.39 is 11.7 Å². The first-order chi connectivity index (χ1) is 8.95. The van der Waals surface area contributed by atoms with Gasteiger partial charge in [0.2, 0.25) is 0 Å². The molecule has 7 heteroatoms. The van der Waals surface area contributed by atoms with Gasteiger partial charge in [-0.25, -0.2) is 9.97 Å². The van der Waals surface area contributed by atoms with Gasteiger partial charge in [0.15, 0.2) is 0 Å². The van der Waals surface area contributed by atoms with Crippen molar-refractivity contribution < 1.29 is 13.2 Å². The Morgan fingerprint density at radius 3 is 2.63 bits per heavy atom. The lowest BCUT2D eigenvalue weighted by atomic mass is 10.1. The molecular formula is C12H11F3N4. The van der Waals surface area contributed by atoms with Crippen molar-refractivity contribution in [3.8, 4) is 0 Å². The molecule has 1 aromatic carbocycles. The normalized spacial score (nSPS) is 11.3. The fourth-order valence-corrected chi connectivity index (χ4v) is 1.52. The van der Waals surface area contributed by atoms with Crippen molar-refractivity contribution >= 4 is 11.6 Å². The Kier molecular flexibility index (Phi) is 3.55. The molecule has 0 aliphatic carbocycles. The Balaban J connectivity index is 2.08. The standard InChI is InChI=1S/C12H11F3N4/c13-12(14,15)9-3-1-2-8(4-9)6-17-11-5-10(16)18-7-19-11/h1-5,7H,6H2,(H3,16,17,18,19). The van der Waals surface area contributed by atoms with Gasteiger partial charge in [0.1, 0.15) is 18.0 Å². The predicted molar refractivity (Wildman–Crippen MR) is 65.2 cm³/mol. The van der Waals surface area contributed by atoms with Gasteiger partial charge >= 0.3 is 6.18 Å². The third-order valence-corrected chi connectivity index (χ3v) is 2.42. The van der Waals surface area contributed by atoms with Gasteiger partial charge in [0.05, 0.1) is 5.56 Å². The number of rotatable bonds is 3. The molecule has 0 radical (unpaired) electrons. The van der Waals surface area contributed by atoms with Crippen LogP contribution < -0.4 is 11.1 Å². The zero-order valence-corrected chi connectivity index (χ0v) is 9.78. The smallest absolute Gasteiger partial charge is 0.384 e. The minimum absolute atomic E-state index is 0.223. The number of hydrogen-bond acceptors (Lipinski definition) is 4. The highest BCUT2D eigenvalue weighted by Gasteiger charge is 2.30. The first-order valence-corrected chi connectivity index (χ1v) is 5.43. The molecule has 0 saturated carbocycles. The molecular weight excluding hydrogens is 257 g/mol. The van der Waals surface area contributed by atoms with E-state index in [-0.39, 0.29) is 6.54 Å². The molecule has 0 amide bonds. The molecule has 1 aromatic heterocycles. The summed E-state index contributed by atoms with van der Waals surface area (Å²) in [6.07, 6.45) is -3.06. The summed E-state index contributed by atoms with van der Waals surface area (Å²) >= 11 is 0. The first-order valence-electron chi connectivity index (χ1n) is 5.43. The third-order valence-electron chi connectivity index (χ3n) is 2.42. The van der Waals surface area contributed by atoms with Crippen LogP contribution in [0, 0.1) is 0 Å². The summed E-state index contributed by atoms with van der Waals surface area (Å²) in [4.78, 5) is 7.62. The maximum Gasteiger partial charge on any atom is 0.416 e. The molecule has 0 spiro atoms. The number of hydrogen-bond donors (Lipinski definition) is 2. The Morgan fingerprint density at radius 2 is 1.95 bits per heavy atom. The van der Waals surface area contributed by atoms with Crippen LogP contribution in [0.15, 0.2) is 36.7 Å². The summed E-state index contributed by atoms with van der Waals surface area (Å²) in [5.74, 6) is 0.756. The first kappa shape index (κ1) is 13.1. The summed E-state index contributed by atoms with van der Waals surface area (Å²) in [5.41, 5.74) is 5.30. The van der Waals surface area contributed by atoms with Gasteiger partial charge in [-0.15, -0.1) is 0 Å². The highest BCUT2D eigenvalue weighted by Crippen LogP contribution is 2.29. The van der Waals surface area contributed by atoms with E-state index in [1.807, 2.05) is 0 Å². The van der Waals surface area contributed by atoms with Gasteiger partial charge in [-0.1, -0.05) is 12.1 Å². The van der Waals surface area contributed by atoms with Crippen LogP contribution in [0.3, 0.4) is 0 Å². The van der Waals surface area contributed by atoms with Crippen LogP contribution in [0.5, 0.6) is 0 Å². The van der Waals surface area contributed by atoms with E-state index in [1.165, 1.54) is 18.5 Å². The number of anilines is 2. The summed E-state index contributed by atoms with van der Waals surface area (Å²) in [5, 5.41) is 2.88. The van der Waals surface area contributed by atoms with Gasteiger partial charge in [-0.3, -0.25) is 0 Å². The second-order valence-electron chi connectivity index (χ2n) is 3.88. The molecule has 4 nitrogen and oxygen atoms in total. The Bertz CT molecular complexity index is 569. The van der Waals surface area contributed by atoms with Gasteiger partial charge in [0, 0.05) is 12.6 Å². The Morgan fingerprint density at radius 1 is 1.16 bits per heavy atom. The van der Waals surface area contributed by atoms with Gasteiger partial charge in [-0.05, 0) is 17.7 Å². The van der Waals surface area contributed by atoms with Crippen molar-refractivity contribution in [1.82, 2.24) is 9.97 Å². The van der Waals surface area contributed by atoms with E-state index in [1.54, 1.807) is 6.07 Å². The maximum atomic E-state index is 12.5. The number of halogens is 3. The minimum Gasteiger partial charge on any atom is -0.384 e. The molecule has 0 unspecified atom stereocenters. The van der Waals surface area contributed by atoms with E-state index in [4.69, 9.17) is 5.73 Å². The van der Waals surface area contributed by atoms with Gasteiger partial charge in [-0.2, -0.15) is 13.2 Å². The van der Waals surface area contributed by atoms with E-state index >= 15 is 0 Å². The molecule has 1 heterocycles. The lowest BCUT2D eigenvalue weighted by Gasteiger charge is -2.09. The van der Waals surface area contributed by atoms with Crippen molar-refractivity contribution in [3.05, 3.63) is 47.8 Å². The fraction of sp³-hybridized carbons (Fsp3) is 0.167. The summed E-state index contributed by atoms with van der Waals surface area (Å²) in [7, 11) is 0. The number of nitrogens with zero attached hydrogens (tertiary/aromatic N) is 2. The monoisotopic (exact) mass is 268 g/mol. The lowest BCUT2D eigenvalue weighted by Crippen LogP contribution is -2.07. The molecule has 0 fully saturated rings. The second-order valence-corrected chi connectivity index (χ2v) is 3.88. The molecule has 0 aliphatic heterocycles. The number of nitrogen functional groups attached to an aromatic ring is 1. The second kappa shape index (κ2) is 5.13. The van der Waals surface area contributed by atoms with Crippen LogP contribution in [0.4, 0.5) is 24.8 Å². The maximum absolute atomic E-state index is 12.5. The highest BCUT2D eigenvalue weighted by molar-refractivity contribution is 5.43. The Hall–Kier alpha value is -2.31. The molecule has 0 bridgehead atoms. The summed E-state index contributed by atoms with van der Waals surface area (Å²) in [6, 6.07) is 6.61. The third kappa shape index (κ3) is 3.57. The van der Waals surface area contributed by atoms with Gasteiger partial charge in [0.25, 0.3) is 0 Å². The molecule has 100 valence electrons. The van der Waals surface area contributed by atoms with Gasteiger partial charge < -0.3 is 11.1 Å². The zero-order chi connectivity index (χ0) is 13.9. The van der Waals surface area contributed by atoms with Crippen molar-refractivity contribution in [1.29, 1.82) is 0 Å². The van der Waals surface area contributed by atoms with Crippen LogP contribution in [-0.4, -0.2) is 9.97 Å². The fourth-order valence-electron chi connectivity index (χ4n) is 1.52. The summed E-state index contributed by atoms with van der Waals surface area (Å²) < 4.78 is 37.6. The molecule has 0 aliphatic rings. The van der Waals surface area contributed by atoms with E-state index in [2.05, 4.69) is 15.3 Å². The SMILES string of the molecule is Nc1cc(NCc2cccc(C(F)(F)F)c2)ncn1. The van der Waals surface area contributed by atoms with Crippen LogP contribution in [0.1, 0.15) is 11.1 Å².